The number of halogens is 2. The van der Waals surface area contributed by atoms with Crippen molar-refractivity contribution < 1.29 is 23.1 Å². The van der Waals surface area contributed by atoms with Gasteiger partial charge in [0, 0.05) is 18.3 Å². The molecule has 0 radical (unpaired) electrons. The lowest BCUT2D eigenvalue weighted by atomic mass is 10.1. The first-order valence-corrected chi connectivity index (χ1v) is 7.63. The first-order valence-electron chi connectivity index (χ1n) is 7.63. The lowest BCUT2D eigenvalue weighted by Crippen LogP contribution is -2.29. The summed E-state index contributed by atoms with van der Waals surface area (Å²) in [5.74, 6) is -2.42. The lowest BCUT2D eigenvalue weighted by molar-refractivity contribution is -0.126. The number of hydrogen-bond donors (Lipinski definition) is 2. The van der Waals surface area contributed by atoms with Crippen LogP contribution in [0.4, 0.5) is 14.5 Å². The van der Waals surface area contributed by atoms with Crippen LogP contribution >= 0.6 is 0 Å². The van der Waals surface area contributed by atoms with E-state index < -0.39 is 29.9 Å². The molecule has 0 aromatic heterocycles. The zero-order chi connectivity index (χ0) is 18.2. The largest absolute Gasteiger partial charge is 0.496 e. The molecular formula is C18H18F2N2O3. The number of ether oxygens (including phenoxy) is 1. The molecule has 0 heterocycles. The van der Waals surface area contributed by atoms with Crippen LogP contribution in [0.5, 0.6) is 5.75 Å². The van der Waals surface area contributed by atoms with Crippen molar-refractivity contribution in [2.24, 2.45) is 0 Å². The van der Waals surface area contributed by atoms with E-state index in [-0.39, 0.29) is 5.69 Å². The number of para-hydroxylation sites is 1. The maximum absolute atomic E-state index is 13.1. The zero-order valence-electron chi connectivity index (χ0n) is 13.6. The maximum atomic E-state index is 13.1. The van der Waals surface area contributed by atoms with Crippen molar-refractivity contribution in [3.8, 4) is 5.75 Å². The molecule has 2 aromatic rings. The van der Waals surface area contributed by atoms with Gasteiger partial charge in [-0.2, -0.15) is 0 Å². The molecule has 0 atom stereocenters. The Kier molecular flexibility index (Phi) is 6.45. The predicted octanol–water partition coefficient (Wildman–Crippen LogP) is 2.66. The Morgan fingerprint density at radius 3 is 2.52 bits per heavy atom. The van der Waals surface area contributed by atoms with E-state index >= 15 is 0 Å². The molecule has 2 amide bonds. The summed E-state index contributed by atoms with van der Waals surface area (Å²) in [7, 11) is 1.57. The van der Waals surface area contributed by atoms with Crippen LogP contribution in [-0.2, 0) is 16.0 Å². The van der Waals surface area contributed by atoms with Crippen LogP contribution in [0.2, 0.25) is 0 Å². The summed E-state index contributed by atoms with van der Waals surface area (Å²) in [6.07, 6.45) is 0.144. The molecular weight excluding hydrogens is 330 g/mol. The minimum Gasteiger partial charge on any atom is -0.496 e. The van der Waals surface area contributed by atoms with Crippen molar-refractivity contribution in [3.63, 3.8) is 0 Å². The van der Waals surface area contributed by atoms with Crippen molar-refractivity contribution in [1.82, 2.24) is 5.32 Å². The number of hydrogen-bond acceptors (Lipinski definition) is 3. The van der Waals surface area contributed by atoms with Gasteiger partial charge in [0.05, 0.1) is 7.11 Å². The quantitative estimate of drug-likeness (QED) is 0.756. The van der Waals surface area contributed by atoms with Crippen LogP contribution in [0.1, 0.15) is 12.0 Å². The third kappa shape index (κ3) is 5.56. The highest BCUT2D eigenvalue weighted by Gasteiger charge is 2.11. The summed E-state index contributed by atoms with van der Waals surface area (Å²) in [5, 5.41) is 4.97. The van der Waals surface area contributed by atoms with Gasteiger partial charge < -0.3 is 15.4 Å². The SMILES string of the molecule is COc1ccccc1CCNC(=O)CC(=O)Nc1ccc(F)c(F)c1. The number of carbonyl (C=O) groups is 2. The topological polar surface area (TPSA) is 67.4 Å². The van der Waals surface area contributed by atoms with E-state index in [1.165, 1.54) is 6.07 Å². The van der Waals surface area contributed by atoms with E-state index in [2.05, 4.69) is 10.6 Å². The molecule has 0 spiro atoms. The van der Waals surface area contributed by atoms with Crippen LogP contribution < -0.4 is 15.4 Å². The van der Waals surface area contributed by atoms with Gasteiger partial charge in [0.25, 0.3) is 0 Å². The summed E-state index contributed by atoms with van der Waals surface area (Å²) in [5.41, 5.74) is 1.03. The molecule has 0 aliphatic heterocycles. The second-order valence-corrected chi connectivity index (χ2v) is 5.27. The van der Waals surface area contributed by atoms with E-state index in [1.54, 1.807) is 7.11 Å². The second kappa shape index (κ2) is 8.77. The monoisotopic (exact) mass is 348 g/mol. The normalized spacial score (nSPS) is 10.2. The Balaban J connectivity index is 1.77. The van der Waals surface area contributed by atoms with Gasteiger partial charge in [0.2, 0.25) is 11.8 Å². The fraction of sp³-hybridized carbons (Fsp3) is 0.222. The van der Waals surface area contributed by atoms with Gasteiger partial charge in [0.1, 0.15) is 12.2 Å². The number of benzene rings is 2. The highest BCUT2D eigenvalue weighted by molar-refractivity contribution is 6.03. The molecule has 0 bridgehead atoms. The average molecular weight is 348 g/mol. The summed E-state index contributed by atoms with van der Waals surface area (Å²) in [6, 6.07) is 10.4. The number of methoxy groups -OCH3 is 1. The van der Waals surface area contributed by atoms with Crippen LogP contribution in [-0.4, -0.2) is 25.5 Å². The fourth-order valence-electron chi connectivity index (χ4n) is 2.23. The lowest BCUT2D eigenvalue weighted by Gasteiger charge is -2.09. The molecule has 25 heavy (non-hydrogen) atoms. The van der Waals surface area contributed by atoms with Crippen molar-refractivity contribution in [3.05, 3.63) is 59.7 Å². The highest BCUT2D eigenvalue weighted by Crippen LogP contribution is 2.17. The third-order valence-electron chi connectivity index (χ3n) is 3.43. The smallest absolute Gasteiger partial charge is 0.233 e. The number of amides is 2. The first kappa shape index (κ1) is 18.4. The Labute approximate surface area is 144 Å². The molecule has 0 fully saturated rings. The Morgan fingerprint density at radius 1 is 1.04 bits per heavy atom. The summed E-state index contributed by atoms with van der Waals surface area (Å²) < 4.78 is 31.1. The predicted molar refractivity (Wildman–Crippen MR) is 89.3 cm³/mol. The van der Waals surface area contributed by atoms with Crippen molar-refractivity contribution in [1.29, 1.82) is 0 Å². The van der Waals surface area contributed by atoms with Gasteiger partial charge in [-0.15, -0.1) is 0 Å². The molecule has 2 aromatic carbocycles. The Morgan fingerprint density at radius 2 is 1.80 bits per heavy atom. The zero-order valence-corrected chi connectivity index (χ0v) is 13.6. The van der Waals surface area contributed by atoms with Gasteiger partial charge in [-0.1, -0.05) is 18.2 Å². The number of rotatable bonds is 7. The van der Waals surface area contributed by atoms with Crippen molar-refractivity contribution in [2.45, 2.75) is 12.8 Å². The summed E-state index contributed by atoms with van der Waals surface area (Å²) in [6.45, 7) is 0.345. The van der Waals surface area contributed by atoms with Gasteiger partial charge >= 0.3 is 0 Å². The van der Waals surface area contributed by atoms with E-state index in [0.717, 1.165) is 23.4 Å². The Hall–Kier alpha value is -2.96. The van der Waals surface area contributed by atoms with E-state index in [1.807, 2.05) is 24.3 Å². The van der Waals surface area contributed by atoms with Gasteiger partial charge in [-0.25, -0.2) is 8.78 Å². The van der Waals surface area contributed by atoms with E-state index in [0.29, 0.717) is 13.0 Å². The maximum Gasteiger partial charge on any atom is 0.233 e. The van der Waals surface area contributed by atoms with E-state index in [4.69, 9.17) is 4.74 Å². The van der Waals surface area contributed by atoms with Crippen LogP contribution in [0.25, 0.3) is 0 Å². The number of carbonyl (C=O) groups excluding carboxylic acids is 2. The van der Waals surface area contributed by atoms with Crippen LogP contribution in [0.3, 0.4) is 0 Å². The summed E-state index contributed by atoms with van der Waals surface area (Å²) >= 11 is 0. The molecule has 0 saturated heterocycles. The molecule has 2 rings (SSSR count). The van der Waals surface area contributed by atoms with E-state index in [9.17, 15) is 18.4 Å². The van der Waals surface area contributed by atoms with Gasteiger partial charge in [-0.05, 0) is 30.2 Å². The first-order chi connectivity index (χ1) is 12.0. The number of nitrogens with one attached hydrogen (secondary N) is 2. The van der Waals surface area contributed by atoms with Gasteiger partial charge in [0.15, 0.2) is 11.6 Å². The molecule has 0 unspecified atom stereocenters. The minimum absolute atomic E-state index is 0.0886. The molecule has 7 heteroatoms. The number of anilines is 1. The highest BCUT2D eigenvalue weighted by atomic mass is 19.2. The second-order valence-electron chi connectivity index (χ2n) is 5.27. The third-order valence-corrected chi connectivity index (χ3v) is 3.43. The summed E-state index contributed by atoms with van der Waals surface area (Å²) in [4.78, 5) is 23.5. The minimum atomic E-state index is -1.07. The average Bonchev–Trinajstić information content (AvgIpc) is 2.58. The molecule has 5 nitrogen and oxygen atoms in total. The van der Waals surface area contributed by atoms with Crippen LogP contribution in [0.15, 0.2) is 42.5 Å². The van der Waals surface area contributed by atoms with Crippen molar-refractivity contribution in [2.75, 3.05) is 19.0 Å². The molecule has 0 aliphatic carbocycles. The van der Waals surface area contributed by atoms with Gasteiger partial charge in [-0.3, -0.25) is 9.59 Å². The van der Waals surface area contributed by atoms with Crippen molar-refractivity contribution >= 4 is 17.5 Å². The molecule has 0 saturated carbocycles. The molecule has 132 valence electrons. The molecule has 2 N–H and O–H groups in total. The van der Waals surface area contributed by atoms with Crippen LogP contribution in [0, 0.1) is 11.6 Å². The fourth-order valence-corrected chi connectivity index (χ4v) is 2.23. The standard InChI is InChI=1S/C18H18F2N2O3/c1-25-16-5-3-2-4-12(16)8-9-21-17(23)11-18(24)22-13-6-7-14(19)15(20)10-13/h2-7,10H,8-9,11H2,1H3,(H,21,23)(H,22,24). The molecule has 0 aliphatic rings. The Bertz CT molecular complexity index is 766.